The quantitative estimate of drug-likeness (QED) is 0.304. The molecular formula is C10H16N3O4+. The molecular weight excluding hydrogens is 226 g/mol. The lowest BCUT2D eigenvalue weighted by Gasteiger charge is -2.09. The van der Waals surface area contributed by atoms with Crippen molar-refractivity contribution in [2.45, 2.75) is 26.3 Å². The molecule has 1 aromatic rings. The molecule has 17 heavy (non-hydrogen) atoms. The first-order valence-electron chi connectivity index (χ1n) is 5.27. The Bertz CT molecular complexity index is 418. The predicted octanol–water partition coefficient (Wildman–Crippen LogP) is 0.611. The molecule has 0 saturated heterocycles. The maximum absolute atomic E-state index is 10.7. The fraction of sp³-hybridized carbons (Fsp3) is 0.500. The van der Waals surface area contributed by atoms with Crippen molar-refractivity contribution in [3.8, 4) is 0 Å². The number of aromatic nitrogens is 1. The average Bonchev–Trinajstić information content (AvgIpc) is 2.27. The van der Waals surface area contributed by atoms with Crippen LogP contribution in [0.2, 0.25) is 0 Å². The lowest BCUT2D eigenvalue weighted by atomic mass is 10.2. The topological polar surface area (TPSA) is 99.5 Å². The lowest BCUT2D eigenvalue weighted by molar-refractivity contribution is -0.894. The van der Waals surface area contributed by atoms with Crippen molar-refractivity contribution in [2.24, 2.45) is 0 Å². The molecule has 1 heterocycles. The van der Waals surface area contributed by atoms with Gasteiger partial charge in [0.15, 0.2) is 0 Å². The molecule has 0 aliphatic rings. The van der Waals surface area contributed by atoms with Gasteiger partial charge in [-0.15, -0.1) is 0 Å². The van der Waals surface area contributed by atoms with Gasteiger partial charge in [0.1, 0.15) is 18.3 Å². The zero-order valence-corrected chi connectivity index (χ0v) is 9.75. The molecule has 0 bridgehead atoms. The minimum atomic E-state index is -0.513. The van der Waals surface area contributed by atoms with Crippen molar-refractivity contribution in [2.75, 3.05) is 11.9 Å². The summed E-state index contributed by atoms with van der Waals surface area (Å²) in [5.41, 5.74) is 0.283. The number of nitrogens with one attached hydrogen (secondary N) is 1. The van der Waals surface area contributed by atoms with E-state index in [0.717, 1.165) is 4.73 Å². The number of anilines is 1. The second-order valence-electron chi connectivity index (χ2n) is 3.76. The number of pyridine rings is 1. The first-order chi connectivity index (χ1) is 7.99. The Hall–Kier alpha value is -1.89. The molecule has 1 aromatic heterocycles. The molecule has 1 atom stereocenters. The van der Waals surface area contributed by atoms with Crippen LogP contribution in [-0.2, 0) is 0 Å². The number of hydrogen-bond donors (Lipinski definition) is 3. The molecule has 7 heteroatoms. The van der Waals surface area contributed by atoms with E-state index in [1.165, 1.54) is 19.2 Å². The van der Waals surface area contributed by atoms with E-state index >= 15 is 0 Å². The summed E-state index contributed by atoms with van der Waals surface area (Å²) in [4.78, 5) is 10.2. The molecule has 7 nitrogen and oxygen atoms in total. The minimum absolute atomic E-state index is 0.0782. The third-order valence-electron chi connectivity index (χ3n) is 2.50. The summed E-state index contributed by atoms with van der Waals surface area (Å²) in [6.45, 7) is 3.29. The van der Waals surface area contributed by atoms with Crippen LogP contribution >= 0.6 is 0 Å². The van der Waals surface area contributed by atoms with Crippen molar-refractivity contribution in [1.29, 1.82) is 0 Å². The minimum Gasteiger partial charge on any atom is -0.392 e. The van der Waals surface area contributed by atoms with Gasteiger partial charge in [-0.3, -0.25) is 15.4 Å². The van der Waals surface area contributed by atoms with Gasteiger partial charge in [-0.1, -0.05) is 11.7 Å². The van der Waals surface area contributed by atoms with Crippen LogP contribution in [0, 0.1) is 17.0 Å². The zero-order valence-electron chi connectivity index (χ0n) is 9.75. The number of nitrogens with zero attached hydrogens (tertiary/aromatic N) is 2. The third-order valence-corrected chi connectivity index (χ3v) is 2.50. The van der Waals surface area contributed by atoms with Gasteiger partial charge >= 0.3 is 5.82 Å². The number of aryl methyl sites for hydroxylation is 1. The maximum Gasteiger partial charge on any atom is 0.321 e. The molecule has 94 valence electrons. The monoisotopic (exact) mass is 242 g/mol. The van der Waals surface area contributed by atoms with Crippen molar-refractivity contribution in [1.82, 2.24) is 0 Å². The van der Waals surface area contributed by atoms with Gasteiger partial charge in [-0.05, 0) is 13.3 Å². The van der Waals surface area contributed by atoms with E-state index in [4.69, 9.17) is 5.11 Å². The van der Waals surface area contributed by atoms with Crippen molar-refractivity contribution < 1.29 is 20.0 Å². The maximum atomic E-state index is 10.7. The number of hydrogen-bond acceptors (Lipinski definition) is 5. The second kappa shape index (κ2) is 5.44. The molecule has 0 saturated carbocycles. The zero-order chi connectivity index (χ0) is 13.0. The molecule has 0 fully saturated rings. The molecule has 0 amide bonds. The van der Waals surface area contributed by atoms with E-state index in [0.29, 0.717) is 12.0 Å². The highest BCUT2D eigenvalue weighted by molar-refractivity contribution is 5.45. The van der Waals surface area contributed by atoms with Crippen LogP contribution in [0.1, 0.15) is 18.9 Å². The highest BCUT2D eigenvalue weighted by Crippen LogP contribution is 2.19. The third kappa shape index (κ3) is 3.04. The van der Waals surface area contributed by atoms with Crippen molar-refractivity contribution >= 4 is 11.5 Å². The molecule has 0 aromatic carbocycles. The number of aliphatic hydroxyl groups excluding tert-OH is 1. The van der Waals surface area contributed by atoms with Crippen molar-refractivity contribution in [3.05, 3.63) is 27.9 Å². The van der Waals surface area contributed by atoms with Gasteiger partial charge in [0.2, 0.25) is 0 Å². The van der Waals surface area contributed by atoms with Gasteiger partial charge in [-0.25, -0.2) is 0 Å². The van der Waals surface area contributed by atoms with E-state index in [9.17, 15) is 15.3 Å². The van der Waals surface area contributed by atoms with E-state index in [-0.39, 0.29) is 24.2 Å². The Labute approximate surface area is 98.4 Å². The van der Waals surface area contributed by atoms with E-state index < -0.39 is 4.92 Å². The average molecular weight is 242 g/mol. The molecule has 0 aliphatic carbocycles. The van der Waals surface area contributed by atoms with Gasteiger partial charge < -0.3 is 10.3 Å². The summed E-state index contributed by atoms with van der Waals surface area (Å²) in [6, 6.07) is 0.990. The van der Waals surface area contributed by atoms with Crippen LogP contribution < -0.4 is 10.0 Å². The Kier molecular flexibility index (Phi) is 4.22. The predicted molar refractivity (Wildman–Crippen MR) is 60.0 cm³/mol. The molecule has 0 radical (unpaired) electrons. The van der Waals surface area contributed by atoms with E-state index in [2.05, 4.69) is 5.32 Å². The molecule has 3 N–H and O–H groups in total. The highest BCUT2D eigenvalue weighted by Gasteiger charge is 2.22. The fourth-order valence-corrected chi connectivity index (χ4v) is 1.42. The van der Waals surface area contributed by atoms with Crippen LogP contribution in [-0.4, -0.2) is 27.9 Å². The Morgan fingerprint density at radius 2 is 2.29 bits per heavy atom. The summed E-state index contributed by atoms with van der Waals surface area (Å²) in [5.74, 6) is 0.184. The van der Waals surface area contributed by atoms with Gasteiger partial charge in [0, 0.05) is 0 Å². The summed E-state index contributed by atoms with van der Waals surface area (Å²) >= 11 is 0. The van der Waals surface area contributed by atoms with Crippen LogP contribution in [0.3, 0.4) is 0 Å². The largest absolute Gasteiger partial charge is 0.392 e. The number of rotatable bonds is 5. The van der Waals surface area contributed by atoms with Gasteiger partial charge in [-0.2, -0.15) is 0 Å². The first-order valence-corrected chi connectivity index (χ1v) is 5.27. The second-order valence-corrected chi connectivity index (χ2v) is 3.76. The summed E-state index contributed by atoms with van der Waals surface area (Å²) in [7, 11) is 0. The summed E-state index contributed by atoms with van der Waals surface area (Å²) in [6.07, 6.45) is 1.89. The molecule has 0 aliphatic heterocycles. The highest BCUT2D eigenvalue weighted by atomic mass is 16.6. The first kappa shape index (κ1) is 13.2. The fourth-order valence-electron chi connectivity index (χ4n) is 1.42. The standard InChI is InChI=1S/C10H15N3O4/c1-3-8(6-14)11-10-4-9(13(16)17)7(2)5-12(10)15/h4-5,8,14-15H,3,6H2,1-2H3/p+1/t8-/m0/s1. The molecule has 0 unspecified atom stereocenters. The van der Waals surface area contributed by atoms with Crippen molar-refractivity contribution in [3.63, 3.8) is 0 Å². The van der Waals surface area contributed by atoms with Crippen LogP contribution in [0.15, 0.2) is 12.3 Å². The SMILES string of the molecule is CC[C@@H](CO)Nc1cc([N+](=O)[O-])c(C)c[n+]1O. The lowest BCUT2D eigenvalue weighted by Crippen LogP contribution is -2.38. The molecule has 1 rings (SSSR count). The van der Waals surface area contributed by atoms with Crippen LogP contribution in [0.4, 0.5) is 11.5 Å². The Morgan fingerprint density at radius 3 is 2.76 bits per heavy atom. The van der Waals surface area contributed by atoms with E-state index in [1.54, 1.807) is 0 Å². The Morgan fingerprint density at radius 1 is 1.65 bits per heavy atom. The number of nitro groups is 1. The number of aliphatic hydroxyl groups is 1. The van der Waals surface area contributed by atoms with Crippen LogP contribution in [0.25, 0.3) is 0 Å². The van der Waals surface area contributed by atoms with Gasteiger partial charge in [0.25, 0.3) is 5.69 Å². The normalized spacial score (nSPS) is 12.2. The molecule has 0 spiro atoms. The van der Waals surface area contributed by atoms with Gasteiger partial charge in [0.05, 0.1) is 17.1 Å². The summed E-state index contributed by atoms with van der Waals surface area (Å²) < 4.78 is 0.778. The van der Waals surface area contributed by atoms with Crippen LogP contribution in [0.5, 0.6) is 0 Å². The Balaban J connectivity index is 3.07. The summed E-state index contributed by atoms with van der Waals surface area (Å²) in [5, 5.41) is 32.2. The van der Waals surface area contributed by atoms with E-state index in [1.807, 2.05) is 6.92 Å². The smallest absolute Gasteiger partial charge is 0.321 e.